The molecule has 2 aromatic rings. The summed E-state index contributed by atoms with van der Waals surface area (Å²) in [5, 5.41) is 20.6. The van der Waals surface area contributed by atoms with Gasteiger partial charge in [-0.2, -0.15) is 10.5 Å². The van der Waals surface area contributed by atoms with Crippen LogP contribution in [0.3, 0.4) is 0 Å². The van der Waals surface area contributed by atoms with Crippen LogP contribution in [0.5, 0.6) is 0 Å². The molecule has 0 unspecified atom stereocenters. The lowest BCUT2D eigenvalue weighted by Crippen LogP contribution is -2.44. The Balaban J connectivity index is 1.59. The molecule has 0 spiro atoms. The van der Waals surface area contributed by atoms with Gasteiger partial charge in [-0.25, -0.2) is 4.98 Å². The summed E-state index contributed by atoms with van der Waals surface area (Å²) in [5.41, 5.74) is 3.15. The number of nitriles is 2. The van der Waals surface area contributed by atoms with Gasteiger partial charge in [-0.3, -0.25) is 0 Å². The Labute approximate surface area is 203 Å². The van der Waals surface area contributed by atoms with Gasteiger partial charge < -0.3 is 9.80 Å². The number of anilines is 1. The Morgan fingerprint density at radius 1 is 1.03 bits per heavy atom. The minimum Gasteiger partial charge on any atom is -0.355 e. The van der Waals surface area contributed by atoms with Crippen LogP contribution in [0, 0.1) is 22.7 Å². The third-order valence-corrected chi connectivity index (χ3v) is 8.11. The van der Waals surface area contributed by atoms with Crippen LogP contribution >= 0.6 is 27.7 Å². The first kappa shape index (κ1) is 23.1. The van der Waals surface area contributed by atoms with Gasteiger partial charge in [-0.1, -0.05) is 35.0 Å². The lowest BCUT2D eigenvalue weighted by atomic mass is 9.99. The Morgan fingerprint density at radius 3 is 2.28 bits per heavy atom. The molecule has 2 aliphatic heterocycles. The van der Waals surface area contributed by atoms with Crippen molar-refractivity contribution in [2.45, 2.75) is 55.8 Å². The molecule has 0 saturated carbocycles. The van der Waals surface area contributed by atoms with Crippen molar-refractivity contribution in [2.75, 3.05) is 31.1 Å². The quantitative estimate of drug-likeness (QED) is 0.478. The highest BCUT2D eigenvalue weighted by Crippen LogP contribution is 2.35. The van der Waals surface area contributed by atoms with E-state index in [0.717, 1.165) is 52.6 Å². The molecule has 3 heterocycles. The Hall–Kier alpha value is -2.06. The van der Waals surface area contributed by atoms with E-state index in [1.165, 1.54) is 31.5 Å². The number of rotatable bonds is 6. The molecule has 2 fully saturated rings. The fourth-order valence-electron chi connectivity index (χ4n) is 4.80. The molecule has 4 rings (SSSR count). The Kier molecular flexibility index (Phi) is 7.73. The second-order valence-corrected chi connectivity index (χ2v) is 10.3. The predicted molar refractivity (Wildman–Crippen MR) is 133 cm³/mol. The van der Waals surface area contributed by atoms with Crippen molar-refractivity contribution >= 4 is 33.5 Å². The second-order valence-electron chi connectivity index (χ2n) is 8.42. The molecule has 0 aliphatic carbocycles. The molecule has 2 aliphatic rings. The fourth-order valence-corrected chi connectivity index (χ4v) is 6.02. The van der Waals surface area contributed by atoms with Gasteiger partial charge in [-0.15, -0.1) is 11.8 Å². The lowest BCUT2D eigenvalue weighted by molar-refractivity contribution is 0.207. The van der Waals surface area contributed by atoms with Crippen molar-refractivity contribution in [3.63, 3.8) is 0 Å². The molecule has 1 aromatic carbocycles. The Morgan fingerprint density at radius 2 is 1.69 bits per heavy atom. The molecule has 5 nitrogen and oxygen atoms in total. The van der Waals surface area contributed by atoms with Crippen molar-refractivity contribution in [1.82, 2.24) is 9.88 Å². The molecular formula is C25H28BrN5S. The number of thioether (sulfide) groups is 1. The number of pyridine rings is 1. The first-order valence-electron chi connectivity index (χ1n) is 11.4. The van der Waals surface area contributed by atoms with E-state index in [1.807, 2.05) is 19.1 Å². The van der Waals surface area contributed by atoms with Crippen molar-refractivity contribution < 1.29 is 0 Å². The van der Waals surface area contributed by atoms with Gasteiger partial charge in [0, 0.05) is 29.4 Å². The van der Waals surface area contributed by atoms with Crippen LogP contribution in [0.2, 0.25) is 0 Å². The van der Waals surface area contributed by atoms with Crippen LogP contribution in [0.25, 0.3) is 0 Å². The van der Waals surface area contributed by atoms with Crippen molar-refractivity contribution in [1.29, 1.82) is 10.5 Å². The van der Waals surface area contributed by atoms with E-state index in [-0.39, 0.29) is 0 Å². The molecule has 166 valence electrons. The van der Waals surface area contributed by atoms with E-state index in [2.05, 4.69) is 50.0 Å². The van der Waals surface area contributed by atoms with E-state index in [4.69, 9.17) is 4.98 Å². The largest absolute Gasteiger partial charge is 0.355 e. The summed E-state index contributed by atoms with van der Waals surface area (Å²) in [5.74, 6) is 1.50. The zero-order valence-corrected chi connectivity index (χ0v) is 20.9. The maximum Gasteiger partial charge on any atom is 0.148 e. The molecule has 0 atom stereocenters. The van der Waals surface area contributed by atoms with Crippen LogP contribution in [0.4, 0.5) is 5.82 Å². The third-order valence-electron chi connectivity index (χ3n) is 6.54. The number of hydrogen-bond donors (Lipinski definition) is 0. The number of likely N-dealkylation sites (tertiary alicyclic amines) is 1. The average molecular weight is 511 g/mol. The van der Waals surface area contributed by atoms with E-state index < -0.39 is 0 Å². The van der Waals surface area contributed by atoms with E-state index in [9.17, 15) is 10.5 Å². The predicted octanol–water partition coefficient (Wildman–Crippen LogP) is 5.51. The first-order chi connectivity index (χ1) is 15.6. The zero-order chi connectivity index (χ0) is 22.5. The Bertz CT molecular complexity index is 1030. The van der Waals surface area contributed by atoms with Crippen molar-refractivity contribution in [2.24, 2.45) is 0 Å². The minimum atomic E-state index is 0.557. The summed E-state index contributed by atoms with van der Waals surface area (Å²) in [6.07, 6.45) is 5.49. The SMILES string of the molecule is CCc1c(C#N)c(SCc2ccc(Br)cc2)nc(N2CCC(N3CCCC3)CC2)c1C#N. The van der Waals surface area contributed by atoms with Crippen LogP contribution in [-0.4, -0.2) is 42.1 Å². The number of aromatic nitrogens is 1. The molecule has 2 saturated heterocycles. The van der Waals surface area contributed by atoms with Gasteiger partial charge in [-0.05, 0) is 68.5 Å². The third kappa shape index (κ3) is 4.96. The summed E-state index contributed by atoms with van der Waals surface area (Å²) in [4.78, 5) is 9.83. The van der Waals surface area contributed by atoms with Crippen molar-refractivity contribution in [3.8, 4) is 12.1 Å². The van der Waals surface area contributed by atoms with E-state index in [1.54, 1.807) is 11.8 Å². The van der Waals surface area contributed by atoms with Gasteiger partial charge in [0.25, 0.3) is 0 Å². The number of benzene rings is 1. The van der Waals surface area contributed by atoms with Gasteiger partial charge in [0.05, 0.1) is 11.1 Å². The first-order valence-corrected chi connectivity index (χ1v) is 13.2. The maximum atomic E-state index is 9.98. The minimum absolute atomic E-state index is 0.557. The van der Waals surface area contributed by atoms with Crippen LogP contribution < -0.4 is 4.90 Å². The molecule has 0 bridgehead atoms. The maximum absolute atomic E-state index is 9.98. The number of nitrogens with zero attached hydrogens (tertiary/aromatic N) is 5. The van der Waals surface area contributed by atoms with Gasteiger partial charge in [0.15, 0.2) is 0 Å². The normalized spacial score (nSPS) is 17.3. The molecule has 1 aromatic heterocycles. The molecule has 7 heteroatoms. The lowest BCUT2D eigenvalue weighted by Gasteiger charge is -2.37. The zero-order valence-electron chi connectivity index (χ0n) is 18.5. The molecule has 32 heavy (non-hydrogen) atoms. The van der Waals surface area contributed by atoms with Crippen molar-refractivity contribution in [3.05, 3.63) is 51.0 Å². The van der Waals surface area contributed by atoms with Crippen LogP contribution in [0.15, 0.2) is 33.8 Å². The highest BCUT2D eigenvalue weighted by molar-refractivity contribution is 9.10. The van der Waals surface area contributed by atoms with Gasteiger partial charge >= 0.3 is 0 Å². The molecule has 0 N–H and O–H groups in total. The molecule has 0 radical (unpaired) electrons. The molecular weight excluding hydrogens is 482 g/mol. The van der Waals surface area contributed by atoms with E-state index >= 15 is 0 Å². The monoisotopic (exact) mass is 509 g/mol. The standard InChI is InChI=1S/C25H28BrN5S/c1-2-21-22(15-27)24(31-13-9-20(10-14-31)30-11-3-4-12-30)29-25(23(21)16-28)32-17-18-5-7-19(26)8-6-18/h5-8,20H,2-4,9-14,17H2,1H3. The summed E-state index contributed by atoms with van der Waals surface area (Å²) >= 11 is 5.06. The van der Waals surface area contributed by atoms with Gasteiger partial charge in [0.1, 0.15) is 23.0 Å². The van der Waals surface area contributed by atoms with Crippen LogP contribution in [-0.2, 0) is 12.2 Å². The molecule has 0 amide bonds. The van der Waals surface area contributed by atoms with Gasteiger partial charge in [0.2, 0.25) is 0 Å². The summed E-state index contributed by atoms with van der Waals surface area (Å²) in [6, 6.07) is 13.6. The fraction of sp³-hybridized carbons (Fsp3) is 0.480. The number of piperidine rings is 1. The highest BCUT2D eigenvalue weighted by Gasteiger charge is 2.29. The average Bonchev–Trinajstić information content (AvgIpc) is 3.37. The smallest absolute Gasteiger partial charge is 0.148 e. The number of hydrogen-bond acceptors (Lipinski definition) is 6. The summed E-state index contributed by atoms with van der Waals surface area (Å²) in [7, 11) is 0. The number of halogens is 1. The summed E-state index contributed by atoms with van der Waals surface area (Å²) in [6.45, 7) is 6.28. The van der Waals surface area contributed by atoms with E-state index in [0.29, 0.717) is 23.6 Å². The summed E-state index contributed by atoms with van der Waals surface area (Å²) < 4.78 is 1.05. The van der Waals surface area contributed by atoms with Crippen LogP contribution in [0.1, 0.15) is 54.9 Å². The highest BCUT2D eigenvalue weighted by atomic mass is 79.9. The second kappa shape index (κ2) is 10.7. The topological polar surface area (TPSA) is 67.0 Å².